The molecule has 0 saturated carbocycles. The first-order chi connectivity index (χ1) is 16.8. The van der Waals surface area contributed by atoms with E-state index in [2.05, 4.69) is 9.97 Å². The van der Waals surface area contributed by atoms with E-state index in [1.807, 2.05) is 24.3 Å². The number of likely N-dealkylation sites (N-methyl/N-ethyl adjacent to an activating group) is 1. The number of carbonyl (C=O) groups excluding carboxylic acids is 1. The van der Waals surface area contributed by atoms with Crippen LogP contribution in [0.5, 0.6) is 0 Å². The number of hydrogen-bond acceptors (Lipinski definition) is 7. The molecule has 0 radical (unpaired) electrons. The number of carbonyl (C=O) groups is 1. The van der Waals surface area contributed by atoms with Crippen LogP contribution in [0.2, 0.25) is 0 Å². The van der Waals surface area contributed by atoms with Gasteiger partial charge in [0.1, 0.15) is 23.5 Å². The van der Waals surface area contributed by atoms with Crippen molar-refractivity contribution in [1.82, 2.24) is 19.1 Å². The van der Waals surface area contributed by atoms with Gasteiger partial charge in [-0.3, -0.25) is 28.5 Å². The number of nitrogens with two attached hydrogens (primary N) is 1. The van der Waals surface area contributed by atoms with Crippen molar-refractivity contribution in [2.75, 3.05) is 17.7 Å². The van der Waals surface area contributed by atoms with Gasteiger partial charge in [0.25, 0.3) is 11.1 Å². The number of amides is 1. The molecule has 3 N–H and O–H groups in total. The van der Waals surface area contributed by atoms with Gasteiger partial charge in [-0.1, -0.05) is 42.5 Å². The lowest BCUT2D eigenvalue weighted by Gasteiger charge is -2.20. The summed E-state index contributed by atoms with van der Waals surface area (Å²) in [4.78, 5) is 58.5. The summed E-state index contributed by atoms with van der Waals surface area (Å²) in [5.41, 5.74) is 5.63. The molecule has 5 aromatic rings. The van der Waals surface area contributed by atoms with Crippen molar-refractivity contribution in [2.45, 2.75) is 13.1 Å². The molecule has 0 spiro atoms. The van der Waals surface area contributed by atoms with E-state index in [0.29, 0.717) is 16.5 Å². The van der Waals surface area contributed by atoms with Crippen LogP contribution in [0.3, 0.4) is 0 Å². The van der Waals surface area contributed by atoms with Crippen LogP contribution < -0.4 is 27.4 Å². The van der Waals surface area contributed by atoms with Gasteiger partial charge < -0.3 is 15.1 Å². The number of benzene rings is 2. The molecule has 0 aliphatic carbocycles. The summed E-state index contributed by atoms with van der Waals surface area (Å²) in [6, 6.07) is 16.2. The number of para-hydroxylation sites is 1. The Bertz CT molecular complexity index is 1760. The Morgan fingerprint density at radius 3 is 2.57 bits per heavy atom. The summed E-state index contributed by atoms with van der Waals surface area (Å²) in [7, 11) is 1.35. The number of nitrogens with zero attached hydrogens (tertiary/aromatic N) is 4. The van der Waals surface area contributed by atoms with E-state index in [9.17, 15) is 19.2 Å². The molecule has 3 aromatic heterocycles. The van der Waals surface area contributed by atoms with Gasteiger partial charge in [0, 0.05) is 12.4 Å². The molecule has 35 heavy (non-hydrogen) atoms. The predicted octanol–water partition coefficient (Wildman–Crippen LogP) is 1.29. The number of hydrogen-bond donors (Lipinski definition) is 2. The highest BCUT2D eigenvalue weighted by Gasteiger charge is 2.22. The van der Waals surface area contributed by atoms with E-state index in [1.165, 1.54) is 17.9 Å². The summed E-state index contributed by atoms with van der Waals surface area (Å²) in [6.45, 7) is -0.324. The number of rotatable bonds is 5. The van der Waals surface area contributed by atoms with Crippen molar-refractivity contribution in [1.29, 1.82) is 0 Å². The van der Waals surface area contributed by atoms with Crippen molar-refractivity contribution < 1.29 is 9.21 Å². The largest absolute Gasteiger partial charge is 0.448 e. The van der Waals surface area contributed by atoms with E-state index in [4.69, 9.17) is 10.2 Å². The average Bonchev–Trinajstić information content (AvgIpc) is 3.23. The summed E-state index contributed by atoms with van der Waals surface area (Å²) in [5.74, 6) is -0.789. The third-order valence-corrected chi connectivity index (χ3v) is 5.76. The number of furan rings is 1. The van der Waals surface area contributed by atoms with E-state index in [1.54, 1.807) is 30.3 Å². The molecule has 0 atom stereocenters. The zero-order chi connectivity index (χ0) is 24.7. The Hall–Kier alpha value is -4.93. The van der Waals surface area contributed by atoms with Crippen LogP contribution in [-0.2, 0) is 17.9 Å². The number of H-pyrrole nitrogens is 1. The van der Waals surface area contributed by atoms with E-state index >= 15 is 0 Å². The SMILES string of the molecule is CN(C(=O)Cn1cnc2c(oc3ccccc32)c1=O)c1c(N)n(Cc2ccccc2)c(=O)[nH]c1=O. The fraction of sp³-hybridized carbons (Fsp3) is 0.125. The molecule has 0 unspecified atom stereocenters. The van der Waals surface area contributed by atoms with Crippen LogP contribution in [-0.4, -0.2) is 32.1 Å². The van der Waals surface area contributed by atoms with Crippen LogP contribution >= 0.6 is 0 Å². The number of fused-ring (bicyclic) bond motifs is 3. The molecule has 11 nitrogen and oxygen atoms in total. The fourth-order valence-corrected chi connectivity index (χ4v) is 3.93. The lowest BCUT2D eigenvalue weighted by atomic mass is 10.2. The number of aromatic nitrogens is 4. The Labute approximate surface area is 196 Å². The molecule has 1 amide bonds. The number of nitrogen functional groups attached to an aromatic ring is 1. The second-order valence-electron chi connectivity index (χ2n) is 7.97. The molecule has 3 heterocycles. The minimum atomic E-state index is -0.814. The summed E-state index contributed by atoms with van der Waals surface area (Å²) < 4.78 is 7.90. The van der Waals surface area contributed by atoms with Gasteiger partial charge in [-0.25, -0.2) is 9.78 Å². The molecule has 2 aromatic carbocycles. The van der Waals surface area contributed by atoms with Crippen LogP contribution in [0, 0.1) is 0 Å². The smallest absolute Gasteiger partial charge is 0.330 e. The van der Waals surface area contributed by atoms with Crippen molar-refractivity contribution in [3.05, 3.63) is 97.7 Å². The molecule has 0 bridgehead atoms. The first kappa shape index (κ1) is 21.9. The third kappa shape index (κ3) is 3.78. The summed E-state index contributed by atoms with van der Waals surface area (Å²) in [6.07, 6.45) is 1.25. The molecule has 5 rings (SSSR count). The highest BCUT2D eigenvalue weighted by Crippen LogP contribution is 2.24. The van der Waals surface area contributed by atoms with Crippen molar-refractivity contribution >= 4 is 39.5 Å². The normalized spacial score (nSPS) is 11.2. The van der Waals surface area contributed by atoms with Crippen molar-refractivity contribution in [3.63, 3.8) is 0 Å². The number of anilines is 2. The molecule has 11 heteroatoms. The van der Waals surface area contributed by atoms with Crippen LogP contribution in [0.25, 0.3) is 22.1 Å². The second kappa shape index (κ2) is 8.45. The predicted molar refractivity (Wildman–Crippen MR) is 130 cm³/mol. The molecule has 176 valence electrons. The van der Waals surface area contributed by atoms with Gasteiger partial charge in [-0.05, 0) is 17.7 Å². The first-order valence-corrected chi connectivity index (χ1v) is 10.6. The van der Waals surface area contributed by atoms with Gasteiger partial charge in [0.15, 0.2) is 5.69 Å². The van der Waals surface area contributed by atoms with Gasteiger partial charge in [-0.15, -0.1) is 0 Å². The number of aromatic amines is 1. The second-order valence-corrected chi connectivity index (χ2v) is 7.97. The average molecular weight is 472 g/mol. The van der Waals surface area contributed by atoms with Crippen LogP contribution in [0.1, 0.15) is 5.56 Å². The monoisotopic (exact) mass is 472 g/mol. The Balaban J connectivity index is 1.48. The lowest BCUT2D eigenvalue weighted by molar-refractivity contribution is -0.118. The minimum absolute atomic E-state index is 0.0259. The Kier molecular flexibility index (Phi) is 5.28. The number of nitrogens with one attached hydrogen (secondary N) is 1. The maximum Gasteiger partial charge on any atom is 0.330 e. The fourth-order valence-electron chi connectivity index (χ4n) is 3.93. The first-order valence-electron chi connectivity index (χ1n) is 10.6. The van der Waals surface area contributed by atoms with Gasteiger partial charge >= 0.3 is 5.69 Å². The molecule has 0 saturated heterocycles. The zero-order valence-electron chi connectivity index (χ0n) is 18.6. The Morgan fingerprint density at radius 2 is 1.80 bits per heavy atom. The summed E-state index contributed by atoms with van der Waals surface area (Å²) >= 11 is 0. The van der Waals surface area contributed by atoms with Crippen LogP contribution in [0.15, 0.2) is 79.7 Å². The molecule has 0 fully saturated rings. The van der Waals surface area contributed by atoms with Crippen molar-refractivity contribution in [3.8, 4) is 0 Å². The quantitative estimate of drug-likeness (QED) is 0.391. The molecule has 0 aliphatic rings. The van der Waals surface area contributed by atoms with E-state index in [0.717, 1.165) is 15.0 Å². The molecule has 0 aliphatic heterocycles. The molecular formula is C24H20N6O5. The maximum absolute atomic E-state index is 13.0. The topological polar surface area (TPSA) is 149 Å². The van der Waals surface area contributed by atoms with Gasteiger partial charge in [0.05, 0.1) is 12.9 Å². The zero-order valence-corrected chi connectivity index (χ0v) is 18.6. The van der Waals surface area contributed by atoms with Crippen LogP contribution in [0.4, 0.5) is 11.5 Å². The van der Waals surface area contributed by atoms with Gasteiger partial charge in [0.2, 0.25) is 11.5 Å². The van der Waals surface area contributed by atoms with Gasteiger partial charge in [-0.2, -0.15) is 0 Å². The highest BCUT2D eigenvalue weighted by atomic mass is 16.3. The van der Waals surface area contributed by atoms with E-state index < -0.39 is 29.3 Å². The summed E-state index contributed by atoms with van der Waals surface area (Å²) in [5, 5.41) is 0.690. The van der Waals surface area contributed by atoms with E-state index in [-0.39, 0.29) is 23.6 Å². The molecular weight excluding hydrogens is 452 g/mol. The maximum atomic E-state index is 13.0. The lowest BCUT2D eigenvalue weighted by Crippen LogP contribution is -2.41. The third-order valence-electron chi connectivity index (χ3n) is 5.76. The standard InChI is InChI=1S/C24H20N6O5/c1-28(19-21(25)30(24(34)27-22(19)32)11-14-7-3-2-4-8-14)17(31)12-29-13-26-18-15-9-5-6-10-16(15)35-20(18)23(29)33/h2-10,13H,11-12,25H2,1H3,(H,27,32,34). The minimum Gasteiger partial charge on any atom is -0.448 e. The highest BCUT2D eigenvalue weighted by molar-refractivity contribution is 6.02. The van der Waals surface area contributed by atoms with Crippen molar-refractivity contribution in [2.24, 2.45) is 0 Å². The Morgan fingerprint density at radius 1 is 1.09 bits per heavy atom.